The topological polar surface area (TPSA) is 3.24 Å². The maximum atomic E-state index is 3.70. The molecular weight excluding hydrogens is 134 g/mol. The Labute approximate surface area is 69.7 Å². The summed E-state index contributed by atoms with van der Waals surface area (Å²) in [5.74, 6) is 0. The van der Waals surface area contributed by atoms with Gasteiger partial charge in [-0.15, -0.1) is 6.58 Å². The fraction of sp³-hybridized carbons (Fsp3) is 0.400. The Bertz CT molecular complexity index is 136. The van der Waals surface area contributed by atoms with Crippen LogP contribution < -0.4 is 0 Å². The molecular formula is C10H17N. The minimum atomic E-state index is 0.873. The van der Waals surface area contributed by atoms with Crippen molar-refractivity contribution >= 4 is 0 Å². The molecule has 0 amide bonds. The first-order valence-corrected chi connectivity index (χ1v) is 3.97. The molecule has 0 unspecified atom stereocenters. The second-order valence-corrected chi connectivity index (χ2v) is 2.30. The van der Waals surface area contributed by atoms with Crippen LogP contribution in [0, 0.1) is 0 Å². The van der Waals surface area contributed by atoms with Gasteiger partial charge in [-0.2, -0.15) is 0 Å². The summed E-state index contributed by atoms with van der Waals surface area (Å²) in [6.07, 6.45) is 9.10. The van der Waals surface area contributed by atoms with Gasteiger partial charge in [-0.25, -0.2) is 0 Å². The SMILES string of the molecule is C=CCN(C=C)C/C=C/CC. The minimum absolute atomic E-state index is 0.873. The number of hydrogen-bond donors (Lipinski definition) is 0. The van der Waals surface area contributed by atoms with Gasteiger partial charge in [0.2, 0.25) is 0 Å². The summed E-state index contributed by atoms with van der Waals surface area (Å²) in [5.41, 5.74) is 0. The van der Waals surface area contributed by atoms with E-state index in [4.69, 9.17) is 0 Å². The van der Waals surface area contributed by atoms with Crippen LogP contribution in [0.4, 0.5) is 0 Å². The zero-order valence-electron chi connectivity index (χ0n) is 7.29. The largest absolute Gasteiger partial charge is 0.371 e. The Hall–Kier alpha value is -0.980. The smallest absolute Gasteiger partial charge is 0.0357 e. The molecule has 0 saturated carbocycles. The Kier molecular flexibility index (Phi) is 6.50. The summed E-state index contributed by atoms with van der Waals surface area (Å²) in [4.78, 5) is 2.10. The van der Waals surface area contributed by atoms with Gasteiger partial charge in [0, 0.05) is 13.1 Å². The lowest BCUT2D eigenvalue weighted by Gasteiger charge is -2.14. The highest BCUT2D eigenvalue weighted by atomic mass is 15.1. The van der Waals surface area contributed by atoms with E-state index in [0.717, 1.165) is 19.5 Å². The van der Waals surface area contributed by atoms with Crippen molar-refractivity contribution in [2.24, 2.45) is 0 Å². The van der Waals surface area contributed by atoms with E-state index in [1.54, 1.807) is 0 Å². The zero-order chi connectivity index (χ0) is 8.53. The summed E-state index contributed by atoms with van der Waals surface area (Å²) in [6, 6.07) is 0. The summed E-state index contributed by atoms with van der Waals surface area (Å²) < 4.78 is 0. The van der Waals surface area contributed by atoms with Crippen molar-refractivity contribution in [1.82, 2.24) is 4.90 Å². The highest BCUT2D eigenvalue weighted by Gasteiger charge is 1.88. The molecule has 1 heteroatoms. The first-order chi connectivity index (χ1) is 5.35. The van der Waals surface area contributed by atoms with Crippen molar-refractivity contribution in [2.45, 2.75) is 13.3 Å². The quantitative estimate of drug-likeness (QED) is 0.527. The van der Waals surface area contributed by atoms with Crippen LogP contribution >= 0.6 is 0 Å². The molecule has 0 rings (SSSR count). The Morgan fingerprint density at radius 3 is 2.36 bits per heavy atom. The fourth-order valence-corrected chi connectivity index (χ4v) is 0.766. The molecule has 11 heavy (non-hydrogen) atoms. The van der Waals surface area contributed by atoms with Crippen molar-refractivity contribution in [3.05, 3.63) is 37.6 Å². The van der Waals surface area contributed by atoms with Gasteiger partial charge in [0.05, 0.1) is 0 Å². The molecule has 0 fully saturated rings. The van der Waals surface area contributed by atoms with Gasteiger partial charge in [-0.3, -0.25) is 0 Å². The molecule has 0 heterocycles. The van der Waals surface area contributed by atoms with Gasteiger partial charge < -0.3 is 4.90 Å². The predicted octanol–water partition coefficient (Wildman–Crippen LogP) is 2.58. The van der Waals surface area contributed by atoms with Crippen molar-refractivity contribution in [2.75, 3.05) is 13.1 Å². The number of nitrogens with zero attached hydrogens (tertiary/aromatic N) is 1. The van der Waals surface area contributed by atoms with Gasteiger partial charge in [-0.1, -0.05) is 31.7 Å². The molecule has 1 nitrogen and oxygen atoms in total. The van der Waals surface area contributed by atoms with E-state index in [-0.39, 0.29) is 0 Å². The predicted molar refractivity (Wildman–Crippen MR) is 51.4 cm³/mol. The van der Waals surface area contributed by atoms with Crippen LogP contribution in [0.1, 0.15) is 13.3 Å². The summed E-state index contributed by atoms with van der Waals surface area (Å²) in [7, 11) is 0. The molecule has 62 valence electrons. The van der Waals surface area contributed by atoms with Crippen molar-refractivity contribution in [3.8, 4) is 0 Å². The molecule has 0 aromatic rings. The maximum absolute atomic E-state index is 3.70. The fourth-order valence-electron chi connectivity index (χ4n) is 0.766. The summed E-state index contributed by atoms with van der Waals surface area (Å²) >= 11 is 0. The molecule has 0 N–H and O–H groups in total. The lowest BCUT2D eigenvalue weighted by atomic mass is 10.4. The monoisotopic (exact) mass is 151 g/mol. The maximum Gasteiger partial charge on any atom is 0.0357 e. The molecule has 0 radical (unpaired) electrons. The molecule has 0 atom stereocenters. The van der Waals surface area contributed by atoms with Crippen LogP contribution in [0.25, 0.3) is 0 Å². The third-order valence-electron chi connectivity index (χ3n) is 1.36. The summed E-state index contributed by atoms with van der Waals surface area (Å²) in [5, 5.41) is 0. The van der Waals surface area contributed by atoms with Gasteiger partial charge in [0.25, 0.3) is 0 Å². The van der Waals surface area contributed by atoms with Crippen LogP contribution in [0.2, 0.25) is 0 Å². The van der Waals surface area contributed by atoms with Crippen LogP contribution in [0.15, 0.2) is 37.6 Å². The first-order valence-electron chi connectivity index (χ1n) is 3.97. The van der Waals surface area contributed by atoms with Gasteiger partial charge >= 0.3 is 0 Å². The normalized spacial score (nSPS) is 9.91. The average Bonchev–Trinajstić information content (AvgIpc) is 2.03. The van der Waals surface area contributed by atoms with Gasteiger partial charge in [-0.05, 0) is 12.6 Å². The standard InChI is InChI=1S/C10H17N/c1-4-7-8-10-11(6-3)9-5-2/h5-8H,2-4,9-10H2,1H3/b8-7+. The van der Waals surface area contributed by atoms with E-state index < -0.39 is 0 Å². The summed E-state index contributed by atoms with van der Waals surface area (Å²) in [6.45, 7) is 11.3. The van der Waals surface area contributed by atoms with Crippen LogP contribution in [-0.4, -0.2) is 18.0 Å². The van der Waals surface area contributed by atoms with Gasteiger partial charge in [0.1, 0.15) is 0 Å². The van der Waals surface area contributed by atoms with E-state index in [2.05, 4.69) is 37.1 Å². The molecule has 0 spiro atoms. The van der Waals surface area contributed by atoms with Gasteiger partial charge in [0.15, 0.2) is 0 Å². The third-order valence-corrected chi connectivity index (χ3v) is 1.36. The molecule has 0 saturated heterocycles. The number of rotatable bonds is 6. The molecule has 0 bridgehead atoms. The highest BCUT2D eigenvalue weighted by molar-refractivity contribution is 4.89. The number of hydrogen-bond acceptors (Lipinski definition) is 1. The Morgan fingerprint density at radius 2 is 1.91 bits per heavy atom. The second kappa shape index (κ2) is 7.13. The molecule has 0 aliphatic heterocycles. The zero-order valence-corrected chi connectivity index (χ0v) is 7.29. The van der Waals surface area contributed by atoms with Crippen LogP contribution in [-0.2, 0) is 0 Å². The second-order valence-electron chi connectivity index (χ2n) is 2.30. The molecule has 0 aliphatic carbocycles. The third kappa shape index (κ3) is 5.46. The lowest BCUT2D eigenvalue weighted by molar-refractivity contribution is 0.463. The number of allylic oxidation sites excluding steroid dienone is 1. The van der Waals surface area contributed by atoms with E-state index in [1.807, 2.05) is 12.3 Å². The van der Waals surface area contributed by atoms with Crippen molar-refractivity contribution in [3.63, 3.8) is 0 Å². The lowest BCUT2D eigenvalue weighted by Crippen LogP contribution is -2.16. The Balaban J connectivity index is 3.59. The average molecular weight is 151 g/mol. The molecule has 0 aromatic carbocycles. The van der Waals surface area contributed by atoms with Crippen LogP contribution in [0.3, 0.4) is 0 Å². The molecule has 0 aliphatic rings. The van der Waals surface area contributed by atoms with Crippen LogP contribution in [0.5, 0.6) is 0 Å². The van der Waals surface area contributed by atoms with E-state index in [1.165, 1.54) is 0 Å². The van der Waals surface area contributed by atoms with Crippen molar-refractivity contribution in [1.29, 1.82) is 0 Å². The van der Waals surface area contributed by atoms with E-state index in [9.17, 15) is 0 Å². The van der Waals surface area contributed by atoms with E-state index in [0.29, 0.717) is 0 Å². The van der Waals surface area contributed by atoms with E-state index >= 15 is 0 Å². The highest BCUT2D eigenvalue weighted by Crippen LogP contribution is 1.90. The van der Waals surface area contributed by atoms with Crippen molar-refractivity contribution < 1.29 is 0 Å². The Morgan fingerprint density at radius 1 is 1.18 bits per heavy atom. The molecule has 0 aromatic heterocycles. The minimum Gasteiger partial charge on any atom is -0.371 e. The first kappa shape index (κ1) is 10.0.